The summed E-state index contributed by atoms with van der Waals surface area (Å²) in [4.78, 5) is 0.868. The molecule has 0 aromatic heterocycles. The van der Waals surface area contributed by atoms with Crippen LogP contribution >= 0.6 is 47.1 Å². The lowest BCUT2D eigenvalue weighted by atomic mass is 10.1. The van der Waals surface area contributed by atoms with E-state index in [1.807, 2.05) is 12.1 Å². The molecular weight excluding hydrogens is 335 g/mol. The average Bonchev–Trinajstić information content (AvgIpc) is 2.45. The van der Waals surface area contributed by atoms with Crippen molar-refractivity contribution in [3.8, 4) is 12.1 Å². The summed E-state index contributed by atoms with van der Waals surface area (Å²) >= 11 is 14.0. The quantitative estimate of drug-likeness (QED) is 0.562. The molecule has 0 aliphatic carbocycles. The van der Waals surface area contributed by atoms with E-state index in [4.69, 9.17) is 33.7 Å². The van der Waals surface area contributed by atoms with Gasteiger partial charge in [0.25, 0.3) is 0 Å². The van der Waals surface area contributed by atoms with Crippen LogP contribution in [0.25, 0.3) is 0 Å². The van der Waals surface area contributed by atoms with Crippen molar-refractivity contribution >= 4 is 57.3 Å². The van der Waals surface area contributed by atoms with E-state index in [0.717, 1.165) is 17.0 Å². The SMILES string of the molecule is N#CC(C#N)=C1C(Cl)=NSN=C1Sc1ccc(Cl)cc1. The van der Waals surface area contributed by atoms with Gasteiger partial charge in [0.05, 0.1) is 5.57 Å². The van der Waals surface area contributed by atoms with Crippen molar-refractivity contribution in [2.24, 2.45) is 8.80 Å². The zero-order chi connectivity index (χ0) is 14.5. The van der Waals surface area contributed by atoms with E-state index in [-0.39, 0.29) is 16.3 Å². The third-order valence-corrected chi connectivity index (χ3v) is 4.43. The van der Waals surface area contributed by atoms with Crippen molar-refractivity contribution in [2.45, 2.75) is 4.90 Å². The third kappa shape index (κ3) is 3.36. The summed E-state index contributed by atoms with van der Waals surface area (Å²) in [6.07, 6.45) is 0. The number of allylic oxidation sites excluding steroid dienone is 1. The van der Waals surface area contributed by atoms with Gasteiger partial charge >= 0.3 is 0 Å². The van der Waals surface area contributed by atoms with Gasteiger partial charge in [0.2, 0.25) is 0 Å². The minimum Gasteiger partial charge on any atom is -0.192 e. The van der Waals surface area contributed by atoms with Gasteiger partial charge in [-0.3, -0.25) is 0 Å². The predicted octanol–water partition coefficient (Wildman–Crippen LogP) is 4.39. The average molecular weight is 339 g/mol. The maximum atomic E-state index is 8.98. The van der Waals surface area contributed by atoms with E-state index >= 15 is 0 Å². The molecule has 0 saturated heterocycles. The van der Waals surface area contributed by atoms with Crippen molar-refractivity contribution < 1.29 is 0 Å². The maximum absolute atomic E-state index is 8.98. The monoisotopic (exact) mass is 338 g/mol. The summed E-state index contributed by atoms with van der Waals surface area (Å²) in [5, 5.41) is 19.2. The third-order valence-electron chi connectivity index (χ3n) is 2.17. The van der Waals surface area contributed by atoms with Crippen molar-refractivity contribution in [2.75, 3.05) is 0 Å². The molecule has 0 N–H and O–H groups in total. The Morgan fingerprint density at radius 3 is 2.35 bits per heavy atom. The van der Waals surface area contributed by atoms with E-state index in [2.05, 4.69) is 8.80 Å². The van der Waals surface area contributed by atoms with Gasteiger partial charge in [-0.1, -0.05) is 35.0 Å². The molecule has 4 nitrogen and oxygen atoms in total. The van der Waals surface area contributed by atoms with Gasteiger partial charge in [-0.05, 0) is 24.3 Å². The zero-order valence-corrected chi connectivity index (χ0v) is 12.8. The Kier molecular flexibility index (Phi) is 5.11. The first-order valence-electron chi connectivity index (χ1n) is 5.12. The lowest BCUT2D eigenvalue weighted by molar-refractivity contribution is 1.45. The van der Waals surface area contributed by atoms with Gasteiger partial charge in [-0.15, -0.1) is 0 Å². The molecule has 98 valence electrons. The summed E-state index contributed by atoms with van der Waals surface area (Å²) < 4.78 is 7.98. The second-order valence-electron chi connectivity index (χ2n) is 3.39. The van der Waals surface area contributed by atoms with Crippen molar-refractivity contribution in [1.82, 2.24) is 0 Å². The highest BCUT2D eigenvalue weighted by Gasteiger charge is 2.23. The fourth-order valence-electron chi connectivity index (χ4n) is 1.30. The summed E-state index contributed by atoms with van der Waals surface area (Å²) in [5.74, 6) is 0. The molecule has 1 aliphatic heterocycles. The number of hydrogen-bond donors (Lipinski definition) is 0. The van der Waals surface area contributed by atoms with Crippen LogP contribution in [0.3, 0.4) is 0 Å². The number of rotatable bonds is 1. The lowest BCUT2D eigenvalue weighted by Gasteiger charge is -2.11. The second kappa shape index (κ2) is 6.83. The lowest BCUT2D eigenvalue weighted by Crippen LogP contribution is -2.10. The van der Waals surface area contributed by atoms with E-state index in [1.54, 1.807) is 24.3 Å². The van der Waals surface area contributed by atoms with E-state index in [0.29, 0.717) is 10.1 Å². The molecule has 1 aliphatic rings. The highest BCUT2D eigenvalue weighted by atomic mass is 35.5. The molecule has 1 heterocycles. The fourth-order valence-corrected chi connectivity index (χ4v) is 3.18. The van der Waals surface area contributed by atoms with Crippen molar-refractivity contribution in [3.63, 3.8) is 0 Å². The second-order valence-corrected chi connectivity index (χ2v) is 5.77. The molecular formula is C12H4Cl2N4S2. The minimum absolute atomic E-state index is 0.0968. The minimum atomic E-state index is -0.112. The Morgan fingerprint density at radius 1 is 1.10 bits per heavy atom. The van der Waals surface area contributed by atoms with Gasteiger partial charge in [-0.25, -0.2) is 0 Å². The standard InChI is InChI=1S/C12H4Cl2N4S2/c13-8-1-3-9(4-2-8)19-12-10(7(5-15)6-16)11(14)17-20-18-12/h1-4H. The van der Waals surface area contributed by atoms with Crippen LogP contribution in [0.1, 0.15) is 0 Å². The van der Waals surface area contributed by atoms with Crippen LogP contribution in [0.4, 0.5) is 0 Å². The molecule has 20 heavy (non-hydrogen) atoms. The van der Waals surface area contributed by atoms with Crippen LogP contribution in [0.15, 0.2) is 49.1 Å². The summed E-state index contributed by atoms with van der Waals surface area (Å²) in [6.45, 7) is 0. The van der Waals surface area contributed by atoms with Crippen LogP contribution in [-0.2, 0) is 0 Å². The Hall–Kier alpha value is -1.44. The normalized spacial score (nSPS) is 13.9. The van der Waals surface area contributed by atoms with Crippen molar-refractivity contribution in [3.05, 3.63) is 40.4 Å². The number of nitriles is 2. The van der Waals surface area contributed by atoms with Gasteiger partial charge in [-0.2, -0.15) is 19.3 Å². The van der Waals surface area contributed by atoms with Crippen LogP contribution in [0, 0.1) is 22.7 Å². The first kappa shape index (κ1) is 15.0. The molecule has 0 fully saturated rings. The van der Waals surface area contributed by atoms with Crippen LogP contribution < -0.4 is 0 Å². The molecule has 0 radical (unpaired) electrons. The van der Waals surface area contributed by atoms with Gasteiger partial charge in [0.1, 0.15) is 34.9 Å². The Labute approximate surface area is 134 Å². The molecule has 0 spiro atoms. The molecule has 0 amide bonds. The van der Waals surface area contributed by atoms with Gasteiger partial charge in [0.15, 0.2) is 5.17 Å². The summed E-state index contributed by atoms with van der Waals surface area (Å²) in [5.41, 5.74) is 0.148. The van der Waals surface area contributed by atoms with Crippen LogP contribution in [0.2, 0.25) is 5.02 Å². The topological polar surface area (TPSA) is 72.3 Å². The van der Waals surface area contributed by atoms with Crippen LogP contribution in [-0.4, -0.2) is 10.2 Å². The van der Waals surface area contributed by atoms with E-state index in [1.165, 1.54) is 11.8 Å². The Balaban J connectivity index is 2.38. The van der Waals surface area contributed by atoms with Crippen molar-refractivity contribution in [1.29, 1.82) is 10.5 Å². The predicted molar refractivity (Wildman–Crippen MR) is 83.9 cm³/mol. The number of thioether (sulfide) groups is 1. The van der Waals surface area contributed by atoms with E-state index in [9.17, 15) is 0 Å². The fraction of sp³-hybridized carbons (Fsp3) is 0. The van der Waals surface area contributed by atoms with Gasteiger partial charge < -0.3 is 0 Å². The largest absolute Gasteiger partial charge is 0.192 e. The number of benzene rings is 1. The summed E-state index contributed by atoms with van der Waals surface area (Å²) in [7, 11) is 0. The molecule has 2 rings (SSSR count). The molecule has 0 saturated carbocycles. The first-order chi connectivity index (χ1) is 9.65. The zero-order valence-electron chi connectivity index (χ0n) is 9.67. The number of nitrogens with zero attached hydrogens (tertiary/aromatic N) is 4. The number of halogens is 2. The summed E-state index contributed by atoms with van der Waals surface area (Å²) in [6, 6.07) is 10.7. The molecule has 8 heteroatoms. The molecule has 1 aromatic rings. The highest BCUT2D eigenvalue weighted by Crippen LogP contribution is 2.32. The smallest absolute Gasteiger partial charge is 0.151 e. The molecule has 0 unspecified atom stereocenters. The Morgan fingerprint density at radius 2 is 1.75 bits per heavy atom. The van der Waals surface area contributed by atoms with Gasteiger partial charge in [0, 0.05) is 9.92 Å². The highest BCUT2D eigenvalue weighted by molar-refractivity contribution is 8.15. The maximum Gasteiger partial charge on any atom is 0.151 e. The number of hydrogen-bond acceptors (Lipinski definition) is 6. The molecule has 0 atom stereocenters. The molecule has 0 bridgehead atoms. The molecule has 1 aromatic carbocycles. The Bertz CT molecular complexity index is 692. The van der Waals surface area contributed by atoms with E-state index < -0.39 is 0 Å². The van der Waals surface area contributed by atoms with Crippen LogP contribution in [0.5, 0.6) is 0 Å². The first-order valence-corrected chi connectivity index (χ1v) is 7.42.